The van der Waals surface area contributed by atoms with Crippen molar-refractivity contribution >= 4 is 22.5 Å². The molecule has 0 saturated heterocycles. The molecule has 2 heterocycles. The van der Waals surface area contributed by atoms with E-state index in [1.165, 1.54) is 0 Å². The lowest BCUT2D eigenvalue weighted by molar-refractivity contribution is 0.101. The molecule has 2 aromatic carbocycles. The molecule has 6 heteroatoms. The standard InChI is InChI=1S/C22H19N3O3/c1-3-27-16-9-7-15(8-10-16)20-13-19(25-28-20)22(26)24-18-11-6-14(2)21-17(18)5-4-12-23-21/h4-13H,3H2,1-2H3,(H,24,26). The van der Waals surface area contributed by atoms with E-state index in [-0.39, 0.29) is 11.6 Å². The third-order valence-corrected chi connectivity index (χ3v) is 4.41. The number of anilines is 1. The van der Waals surface area contributed by atoms with Crippen molar-refractivity contribution in [2.75, 3.05) is 11.9 Å². The van der Waals surface area contributed by atoms with E-state index < -0.39 is 0 Å². The zero-order valence-electron chi connectivity index (χ0n) is 15.6. The van der Waals surface area contributed by atoms with Gasteiger partial charge in [-0.25, -0.2) is 0 Å². The van der Waals surface area contributed by atoms with Gasteiger partial charge in [0.25, 0.3) is 5.91 Å². The number of aromatic nitrogens is 2. The Kier molecular flexibility index (Phi) is 4.76. The quantitative estimate of drug-likeness (QED) is 0.541. The average molecular weight is 373 g/mol. The number of aryl methyl sites for hydroxylation is 1. The minimum Gasteiger partial charge on any atom is -0.494 e. The molecule has 1 amide bonds. The third kappa shape index (κ3) is 3.44. The lowest BCUT2D eigenvalue weighted by Gasteiger charge is -2.08. The second-order valence-electron chi connectivity index (χ2n) is 6.32. The Morgan fingerprint density at radius 3 is 2.75 bits per heavy atom. The molecule has 4 rings (SSSR count). The van der Waals surface area contributed by atoms with E-state index >= 15 is 0 Å². The Bertz CT molecular complexity index is 1130. The van der Waals surface area contributed by atoms with Crippen LogP contribution in [0.3, 0.4) is 0 Å². The van der Waals surface area contributed by atoms with Crippen molar-refractivity contribution in [3.8, 4) is 17.1 Å². The molecule has 0 spiro atoms. The van der Waals surface area contributed by atoms with Gasteiger partial charge in [0.05, 0.1) is 17.8 Å². The van der Waals surface area contributed by atoms with Crippen molar-refractivity contribution in [3.05, 3.63) is 72.1 Å². The number of amides is 1. The van der Waals surface area contributed by atoms with Crippen LogP contribution in [0.2, 0.25) is 0 Å². The Morgan fingerprint density at radius 1 is 1.14 bits per heavy atom. The second kappa shape index (κ2) is 7.52. The number of nitrogens with one attached hydrogen (secondary N) is 1. The molecule has 0 aliphatic rings. The fraction of sp³-hybridized carbons (Fsp3) is 0.136. The van der Waals surface area contributed by atoms with E-state index in [0.29, 0.717) is 18.1 Å². The molecule has 0 saturated carbocycles. The highest BCUT2D eigenvalue weighted by Gasteiger charge is 2.15. The highest BCUT2D eigenvalue weighted by Crippen LogP contribution is 2.26. The van der Waals surface area contributed by atoms with Crippen molar-refractivity contribution < 1.29 is 14.1 Å². The van der Waals surface area contributed by atoms with E-state index in [4.69, 9.17) is 9.26 Å². The minimum atomic E-state index is -0.338. The lowest BCUT2D eigenvalue weighted by atomic mass is 10.1. The van der Waals surface area contributed by atoms with Crippen molar-refractivity contribution in [1.82, 2.24) is 10.1 Å². The largest absolute Gasteiger partial charge is 0.494 e. The Hall–Kier alpha value is -3.67. The Balaban J connectivity index is 1.56. The maximum atomic E-state index is 12.7. The molecule has 0 atom stereocenters. The predicted molar refractivity (Wildman–Crippen MR) is 108 cm³/mol. The van der Waals surface area contributed by atoms with Crippen LogP contribution in [0.4, 0.5) is 5.69 Å². The van der Waals surface area contributed by atoms with Gasteiger partial charge in [-0.1, -0.05) is 11.2 Å². The number of ether oxygens (including phenoxy) is 1. The summed E-state index contributed by atoms with van der Waals surface area (Å²) in [5, 5.41) is 7.69. The topological polar surface area (TPSA) is 77.2 Å². The monoisotopic (exact) mass is 373 g/mol. The molecular weight excluding hydrogens is 354 g/mol. The van der Waals surface area contributed by atoms with Gasteiger partial charge in [0.1, 0.15) is 5.75 Å². The molecule has 28 heavy (non-hydrogen) atoms. The van der Waals surface area contributed by atoms with Gasteiger partial charge in [-0.3, -0.25) is 9.78 Å². The molecule has 0 aliphatic carbocycles. The van der Waals surface area contributed by atoms with Gasteiger partial charge in [0, 0.05) is 23.2 Å². The summed E-state index contributed by atoms with van der Waals surface area (Å²) >= 11 is 0. The summed E-state index contributed by atoms with van der Waals surface area (Å²) in [5.74, 6) is 0.960. The van der Waals surface area contributed by atoms with Crippen LogP contribution in [-0.2, 0) is 0 Å². The SMILES string of the molecule is CCOc1ccc(-c2cc(C(=O)Nc3ccc(C)c4ncccc34)no2)cc1. The fourth-order valence-corrected chi connectivity index (χ4v) is 3.01. The molecule has 4 aromatic rings. The number of fused-ring (bicyclic) bond motifs is 1. The predicted octanol–water partition coefficient (Wildman–Crippen LogP) is 4.85. The third-order valence-electron chi connectivity index (χ3n) is 4.41. The fourth-order valence-electron chi connectivity index (χ4n) is 3.01. The van der Waals surface area contributed by atoms with Crippen molar-refractivity contribution in [3.63, 3.8) is 0 Å². The normalized spacial score (nSPS) is 10.8. The van der Waals surface area contributed by atoms with Crippen molar-refractivity contribution in [2.45, 2.75) is 13.8 Å². The van der Waals surface area contributed by atoms with E-state index in [1.54, 1.807) is 12.3 Å². The van der Waals surface area contributed by atoms with Crippen LogP contribution in [0.15, 0.2) is 65.3 Å². The first-order valence-corrected chi connectivity index (χ1v) is 9.01. The zero-order valence-corrected chi connectivity index (χ0v) is 15.6. The van der Waals surface area contributed by atoms with Crippen LogP contribution in [0, 0.1) is 6.92 Å². The van der Waals surface area contributed by atoms with Crippen LogP contribution < -0.4 is 10.1 Å². The molecule has 0 fully saturated rings. The first-order chi connectivity index (χ1) is 13.7. The highest BCUT2D eigenvalue weighted by atomic mass is 16.5. The van der Waals surface area contributed by atoms with E-state index in [2.05, 4.69) is 15.5 Å². The molecule has 0 radical (unpaired) electrons. The van der Waals surface area contributed by atoms with Gasteiger partial charge in [0.2, 0.25) is 0 Å². The van der Waals surface area contributed by atoms with E-state index in [0.717, 1.165) is 27.8 Å². The summed E-state index contributed by atoms with van der Waals surface area (Å²) in [7, 11) is 0. The summed E-state index contributed by atoms with van der Waals surface area (Å²) in [6.45, 7) is 4.53. The number of hydrogen-bond donors (Lipinski definition) is 1. The van der Waals surface area contributed by atoms with Gasteiger partial charge in [0.15, 0.2) is 11.5 Å². The number of pyridine rings is 1. The molecule has 1 N–H and O–H groups in total. The summed E-state index contributed by atoms with van der Waals surface area (Å²) in [4.78, 5) is 17.0. The van der Waals surface area contributed by atoms with Crippen LogP contribution in [-0.4, -0.2) is 22.7 Å². The summed E-state index contributed by atoms with van der Waals surface area (Å²) in [6.07, 6.45) is 1.74. The summed E-state index contributed by atoms with van der Waals surface area (Å²) in [6, 6.07) is 16.6. The van der Waals surface area contributed by atoms with Crippen LogP contribution in [0.5, 0.6) is 5.75 Å². The first kappa shape index (κ1) is 17.7. The molecule has 0 bridgehead atoms. The minimum absolute atomic E-state index is 0.210. The number of rotatable bonds is 5. The van der Waals surface area contributed by atoms with Crippen LogP contribution >= 0.6 is 0 Å². The van der Waals surface area contributed by atoms with Gasteiger partial charge in [-0.05, 0) is 61.9 Å². The number of hydrogen-bond acceptors (Lipinski definition) is 5. The molecule has 6 nitrogen and oxygen atoms in total. The van der Waals surface area contributed by atoms with E-state index in [9.17, 15) is 4.79 Å². The maximum Gasteiger partial charge on any atom is 0.277 e. The molecule has 2 aromatic heterocycles. The molecule has 0 aliphatic heterocycles. The van der Waals surface area contributed by atoms with Crippen molar-refractivity contribution in [2.24, 2.45) is 0 Å². The average Bonchev–Trinajstić information content (AvgIpc) is 3.22. The van der Waals surface area contributed by atoms with Crippen LogP contribution in [0.1, 0.15) is 23.0 Å². The summed E-state index contributed by atoms with van der Waals surface area (Å²) in [5.41, 5.74) is 3.62. The second-order valence-corrected chi connectivity index (χ2v) is 6.32. The zero-order chi connectivity index (χ0) is 19.5. The van der Waals surface area contributed by atoms with E-state index in [1.807, 2.05) is 62.4 Å². The first-order valence-electron chi connectivity index (χ1n) is 9.01. The number of benzene rings is 2. The Labute approximate surface area is 162 Å². The number of carbonyl (C=O) groups excluding carboxylic acids is 1. The smallest absolute Gasteiger partial charge is 0.277 e. The lowest BCUT2D eigenvalue weighted by Crippen LogP contribution is -2.12. The summed E-state index contributed by atoms with van der Waals surface area (Å²) < 4.78 is 10.8. The highest BCUT2D eigenvalue weighted by molar-refractivity contribution is 6.08. The van der Waals surface area contributed by atoms with Gasteiger partial charge in [-0.15, -0.1) is 0 Å². The van der Waals surface area contributed by atoms with Gasteiger partial charge < -0.3 is 14.6 Å². The molecule has 0 unspecified atom stereocenters. The Morgan fingerprint density at radius 2 is 1.96 bits per heavy atom. The maximum absolute atomic E-state index is 12.7. The number of nitrogens with zero attached hydrogens (tertiary/aromatic N) is 2. The van der Waals surface area contributed by atoms with Gasteiger partial charge in [-0.2, -0.15) is 0 Å². The van der Waals surface area contributed by atoms with Gasteiger partial charge >= 0.3 is 0 Å². The van der Waals surface area contributed by atoms with Crippen molar-refractivity contribution in [1.29, 1.82) is 0 Å². The van der Waals surface area contributed by atoms with Crippen LogP contribution in [0.25, 0.3) is 22.2 Å². The molecule has 140 valence electrons. The number of carbonyl (C=O) groups is 1. The molecular formula is C22H19N3O3.